The van der Waals surface area contributed by atoms with E-state index in [4.69, 9.17) is 4.74 Å². The monoisotopic (exact) mass is 295 g/mol. The van der Waals surface area contributed by atoms with Gasteiger partial charge in [0, 0.05) is 25.7 Å². The van der Waals surface area contributed by atoms with Crippen molar-refractivity contribution in [3.05, 3.63) is 11.9 Å². The van der Waals surface area contributed by atoms with Crippen molar-refractivity contribution in [1.29, 1.82) is 0 Å². The van der Waals surface area contributed by atoms with E-state index in [2.05, 4.69) is 10.3 Å². The van der Waals surface area contributed by atoms with Crippen LogP contribution in [0.1, 0.15) is 25.7 Å². The summed E-state index contributed by atoms with van der Waals surface area (Å²) in [5.74, 6) is 0.304. The fraction of sp³-hybridized carbons (Fsp3) is 0.643. The highest BCUT2D eigenvalue weighted by molar-refractivity contribution is 5.88. The van der Waals surface area contributed by atoms with Crippen molar-refractivity contribution in [2.45, 2.75) is 31.9 Å². The van der Waals surface area contributed by atoms with Crippen LogP contribution in [0.25, 0.3) is 0 Å². The summed E-state index contributed by atoms with van der Waals surface area (Å²) in [5.41, 5.74) is 0.748. The molecule has 0 saturated carbocycles. The highest BCUT2D eigenvalue weighted by Crippen LogP contribution is 2.21. The summed E-state index contributed by atoms with van der Waals surface area (Å²) in [6.07, 6.45) is 3.97. The molecule has 0 aromatic carbocycles. The van der Waals surface area contributed by atoms with Crippen molar-refractivity contribution >= 4 is 18.1 Å². The summed E-state index contributed by atoms with van der Waals surface area (Å²) in [6, 6.07) is 0. The number of carbonyl (C=O) groups excluding carboxylic acids is 2. The molecule has 2 aliphatic heterocycles. The Morgan fingerprint density at radius 2 is 2.29 bits per heavy atom. The molecule has 1 atom stereocenters. The van der Waals surface area contributed by atoms with Crippen LogP contribution >= 0.6 is 0 Å². The topological polar surface area (TPSA) is 91.2 Å². The Bertz CT molecular complexity index is 453. The first-order valence-electron chi connectivity index (χ1n) is 7.14. The maximum atomic E-state index is 11.5. The average Bonchev–Trinajstić information content (AvgIpc) is 2.53. The molecule has 2 heterocycles. The predicted octanol–water partition coefficient (Wildman–Crippen LogP) is 0.0120. The third kappa shape index (κ3) is 3.81. The zero-order valence-corrected chi connectivity index (χ0v) is 12.1. The molecule has 7 nitrogen and oxygen atoms in total. The Hall–Kier alpha value is -1.89. The van der Waals surface area contributed by atoms with E-state index >= 15 is 0 Å². The number of amidine groups is 1. The number of aliphatic hydroxyl groups excluding tert-OH is 1. The van der Waals surface area contributed by atoms with Crippen molar-refractivity contribution in [2.24, 2.45) is 10.9 Å². The highest BCUT2D eigenvalue weighted by Gasteiger charge is 2.30. The number of aliphatic hydroxyl groups is 1. The van der Waals surface area contributed by atoms with Crippen molar-refractivity contribution in [2.75, 3.05) is 20.2 Å². The predicted molar refractivity (Wildman–Crippen MR) is 76.3 cm³/mol. The first-order valence-corrected chi connectivity index (χ1v) is 7.14. The zero-order valence-electron chi connectivity index (χ0n) is 12.1. The lowest BCUT2D eigenvalue weighted by atomic mass is 9.97. The van der Waals surface area contributed by atoms with Crippen molar-refractivity contribution in [1.82, 2.24) is 10.2 Å². The van der Waals surface area contributed by atoms with Gasteiger partial charge in [0.1, 0.15) is 6.29 Å². The molecule has 0 aromatic heterocycles. The van der Waals surface area contributed by atoms with Crippen molar-refractivity contribution in [3.8, 4) is 0 Å². The number of ether oxygens (including phenoxy) is 1. The molecule has 2 rings (SSSR count). The number of nitrogens with one attached hydrogen (secondary N) is 1. The van der Waals surface area contributed by atoms with Crippen LogP contribution in [-0.2, 0) is 14.3 Å². The second kappa shape index (κ2) is 7.21. The number of carbonyl (C=O) groups is 2. The fourth-order valence-corrected chi connectivity index (χ4v) is 2.58. The molecule has 1 saturated heterocycles. The molecule has 116 valence electrons. The lowest BCUT2D eigenvalue weighted by molar-refractivity contribution is -0.146. The van der Waals surface area contributed by atoms with E-state index in [1.807, 2.05) is 4.90 Å². The molecule has 0 amide bonds. The Kier molecular flexibility index (Phi) is 5.32. The van der Waals surface area contributed by atoms with Crippen LogP contribution in [0.3, 0.4) is 0 Å². The summed E-state index contributed by atoms with van der Waals surface area (Å²) in [7, 11) is 1.40. The van der Waals surface area contributed by atoms with Crippen LogP contribution in [0.5, 0.6) is 0 Å². The summed E-state index contributed by atoms with van der Waals surface area (Å²) < 4.78 is 4.76. The van der Waals surface area contributed by atoms with Gasteiger partial charge >= 0.3 is 5.97 Å². The van der Waals surface area contributed by atoms with Gasteiger partial charge < -0.3 is 24.9 Å². The number of aliphatic imine (C=N–C) groups is 1. The number of likely N-dealkylation sites (tertiary alicyclic amines) is 1. The maximum absolute atomic E-state index is 11.5. The van der Waals surface area contributed by atoms with Crippen LogP contribution in [-0.4, -0.2) is 54.5 Å². The van der Waals surface area contributed by atoms with Crippen LogP contribution in [0.4, 0.5) is 0 Å². The molecule has 21 heavy (non-hydrogen) atoms. The van der Waals surface area contributed by atoms with Crippen LogP contribution < -0.4 is 5.32 Å². The number of piperidine rings is 1. The quantitative estimate of drug-likeness (QED) is 0.561. The zero-order chi connectivity index (χ0) is 15.2. The Morgan fingerprint density at radius 3 is 2.90 bits per heavy atom. The molecule has 2 aliphatic rings. The maximum Gasteiger partial charge on any atom is 0.308 e. The SMILES string of the molecule is COC(=O)C1CCN(C2=NC(CCC=O)=CNC2O)CC1. The second-order valence-electron chi connectivity index (χ2n) is 5.16. The summed E-state index contributed by atoms with van der Waals surface area (Å²) in [4.78, 5) is 28.3. The van der Waals surface area contributed by atoms with Gasteiger partial charge in [-0.3, -0.25) is 4.79 Å². The van der Waals surface area contributed by atoms with E-state index in [1.54, 1.807) is 6.20 Å². The first kappa shape index (κ1) is 15.5. The number of rotatable bonds is 4. The summed E-state index contributed by atoms with van der Waals surface area (Å²) in [6.45, 7) is 1.30. The van der Waals surface area contributed by atoms with E-state index in [0.29, 0.717) is 44.6 Å². The van der Waals surface area contributed by atoms with E-state index in [0.717, 1.165) is 12.0 Å². The van der Waals surface area contributed by atoms with Gasteiger partial charge in [-0.2, -0.15) is 0 Å². The Morgan fingerprint density at radius 1 is 1.57 bits per heavy atom. The first-order chi connectivity index (χ1) is 10.2. The average molecular weight is 295 g/mol. The van der Waals surface area contributed by atoms with Crippen LogP contribution in [0.2, 0.25) is 0 Å². The summed E-state index contributed by atoms with van der Waals surface area (Å²) in [5, 5.41) is 12.8. The molecule has 0 aliphatic carbocycles. The van der Waals surface area contributed by atoms with Crippen LogP contribution in [0, 0.1) is 5.92 Å². The highest BCUT2D eigenvalue weighted by atomic mass is 16.5. The number of esters is 1. The van der Waals surface area contributed by atoms with Gasteiger partial charge in [0.25, 0.3) is 0 Å². The molecule has 1 fully saturated rings. The molecular formula is C14H21N3O4. The van der Waals surface area contributed by atoms with E-state index in [-0.39, 0.29) is 11.9 Å². The number of aldehydes is 1. The molecular weight excluding hydrogens is 274 g/mol. The van der Waals surface area contributed by atoms with Gasteiger partial charge in [0.15, 0.2) is 12.1 Å². The van der Waals surface area contributed by atoms with E-state index < -0.39 is 6.23 Å². The minimum absolute atomic E-state index is 0.0781. The standard InChI is InChI=1S/C14H21N3O4/c1-21-14(20)10-4-6-17(7-5-10)12-13(19)15-9-11(16-12)3-2-8-18/h8-10,13,15,19H,2-7H2,1H3. The third-order valence-electron chi connectivity index (χ3n) is 3.78. The van der Waals surface area contributed by atoms with Crippen molar-refractivity contribution < 1.29 is 19.4 Å². The smallest absolute Gasteiger partial charge is 0.308 e. The minimum Gasteiger partial charge on any atom is -0.469 e. The largest absolute Gasteiger partial charge is 0.469 e. The van der Waals surface area contributed by atoms with E-state index in [9.17, 15) is 14.7 Å². The molecule has 2 N–H and O–H groups in total. The molecule has 0 aromatic rings. The lowest BCUT2D eigenvalue weighted by Crippen LogP contribution is -2.50. The molecule has 7 heteroatoms. The lowest BCUT2D eigenvalue weighted by Gasteiger charge is -2.36. The van der Waals surface area contributed by atoms with Crippen molar-refractivity contribution in [3.63, 3.8) is 0 Å². The molecule has 1 unspecified atom stereocenters. The number of hydrogen-bond donors (Lipinski definition) is 2. The number of allylic oxidation sites excluding steroid dienone is 1. The third-order valence-corrected chi connectivity index (χ3v) is 3.78. The van der Waals surface area contributed by atoms with Gasteiger partial charge in [-0.25, -0.2) is 4.99 Å². The molecule has 0 bridgehead atoms. The number of nitrogens with zero attached hydrogens (tertiary/aromatic N) is 2. The van der Waals surface area contributed by atoms with Gasteiger partial charge in [0.2, 0.25) is 0 Å². The van der Waals surface area contributed by atoms with Gasteiger partial charge in [-0.15, -0.1) is 0 Å². The van der Waals surface area contributed by atoms with Crippen LogP contribution in [0.15, 0.2) is 16.9 Å². The number of methoxy groups -OCH3 is 1. The Balaban J connectivity index is 1.97. The normalized spacial score (nSPS) is 23.0. The van der Waals surface area contributed by atoms with Gasteiger partial charge in [-0.05, 0) is 19.3 Å². The van der Waals surface area contributed by atoms with Gasteiger partial charge in [-0.1, -0.05) is 0 Å². The minimum atomic E-state index is -0.848. The fourth-order valence-electron chi connectivity index (χ4n) is 2.58. The number of hydrogen-bond acceptors (Lipinski definition) is 7. The summed E-state index contributed by atoms with van der Waals surface area (Å²) >= 11 is 0. The molecule has 0 spiro atoms. The molecule has 0 radical (unpaired) electrons. The second-order valence-corrected chi connectivity index (χ2v) is 5.16. The van der Waals surface area contributed by atoms with Gasteiger partial charge in [0.05, 0.1) is 18.7 Å². The Labute approximate surface area is 123 Å². The van der Waals surface area contributed by atoms with E-state index in [1.165, 1.54) is 7.11 Å².